The summed E-state index contributed by atoms with van der Waals surface area (Å²) >= 11 is 0. The molecule has 2 aromatic rings. The van der Waals surface area contributed by atoms with Crippen LogP contribution in [0.1, 0.15) is 11.1 Å². The number of rotatable bonds is 4. The first kappa shape index (κ1) is 13.1. The Bertz CT molecular complexity index is 570. The molecule has 0 aliphatic rings. The Morgan fingerprint density at radius 1 is 1.16 bits per heavy atom. The molecule has 1 heterocycles. The maximum absolute atomic E-state index is 5.67. The van der Waals surface area contributed by atoms with Gasteiger partial charge in [0.15, 0.2) is 0 Å². The summed E-state index contributed by atoms with van der Waals surface area (Å²) in [6.45, 7) is 0.971. The Kier molecular flexibility index (Phi) is 4.97. The summed E-state index contributed by atoms with van der Waals surface area (Å²) in [6, 6.07) is 12.1. The smallest absolute Gasteiger partial charge is 0.138 e. The molecule has 3 nitrogen and oxygen atoms in total. The summed E-state index contributed by atoms with van der Waals surface area (Å²) in [4.78, 5) is 4.09. The van der Waals surface area contributed by atoms with Crippen LogP contribution in [-0.2, 0) is 6.42 Å². The normalized spacial score (nSPS) is 9.53. The number of nitrogens with two attached hydrogens (primary N) is 1. The summed E-state index contributed by atoms with van der Waals surface area (Å²) in [7, 11) is 0. The molecule has 3 heteroatoms. The number of benzene rings is 1. The lowest BCUT2D eigenvalue weighted by Crippen LogP contribution is -2.01. The molecule has 19 heavy (non-hydrogen) atoms. The molecule has 0 bridgehead atoms. The average Bonchev–Trinajstić information content (AvgIpc) is 2.47. The molecular formula is C16H16N2O. The first-order valence-electron chi connectivity index (χ1n) is 6.19. The van der Waals surface area contributed by atoms with Gasteiger partial charge in [0, 0.05) is 18.2 Å². The Morgan fingerprint density at radius 2 is 2.00 bits per heavy atom. The van der Waals surface area contributed by atoms with E-state index in [0.717, 1.165) is 17.7 Å². The van der Waals surface area contributed by atoms with Gasteiger partial charge in [-0.05, 0) is 11.6 Å². The summed E-state index contributed by atoms with van der Waals surface area (Å²) < 4.78 is 5.67. The zero-order valence-corrected chi connectivity index (χ0v) is 10.7. The Hall–Kier alpha value is -2.31. The second-order valence-electron chi connectivity index (χ2n) is 4.00. The Labute approximate surface area is 113 Å². The maximum atomic E-state index is 5.67. The molecule has 0 atom stereocenters. The van der Waals surface area contributed by atoms with Crippen LogP contribution in [0.15, 0.2) is 48.8 Å². The zero-order chi connectivity index (χ0) is 13.3. The molecule has 1 aromatic heterocycles. The third kappa shape index (κ3) is 4.46. The van der Waals surface area contributed by atoms with Gasteiger partial charge in [-0.25, -0.2) is 0 Å². The molecule has 0 radical (unpaired) electrons. The molecule has 0 spiro atoms. The van der Waals surface area contributed by atoms with Crippen molar-refractivity contribution in [2.24, 2.45) is 5.73 Å². The predicted molar refractivity (Wildman–Crippen MR) is 75.8 cm³/mol. The summed E-state index contributed by atoms with van der Waals surface area (Å²) in [5.41, 5.74) is 7.41. The first-order chi connectivity index (χ1) is 9.38. The predicted octanol–water partition coefficient (Wildman–Crippen LogP) is 2.01. The SMILES string of the molecule is NCC#Cc1cncc(OCCc2ccccc2)c1. The van der Waals surface area contributed by atoms with Crippen LogP contribution in [0.2, 0.25) is 0 Å². The van der Waals surface area contributed by atoms with Crippen LogP contribution in [0.25, 0.3) is 0 Å². The molecule has 2 rings (SSSR count). The monoisotopic (exact) mass is 252 g/mol. The van der Waals surface area contributed by atoms with Gasteiger partial charge in [0.1, 0.15) is 5.75 Å². The first-order valence-corrected chi connectivity index (χ1v) is 6.19. The van der Waals surface area contributed by atoms with Gasteiger partial charge >= 0.3 is 0 Å². The largest absolute Gasteiger partial charge is 0.492 e. The van der Waals surface area contributed by atoms with Crippen molar-refractivity contribution in [1.82, 2.24) is 4.98 Å². The fourth-order valence-electron chi connectivity index (χ4n) is 1.65. The lowest BCUT2D eigenvalue weighted by molar-refractivity contribution is 0.320. The third-order valence-electron chi connectivity index (χ3n) is 2.55. The van der Waals surface area contributed by atoms with Crippen LogP contribution < -0.4 is 10.5 Å². The van der Waals surface area contributed by atoms with Gasteiger partial charge in [-0.1, -0.05) is 42.2 Å². The molecule has 0 saturated heterocycles. The highest BCUT2D eigenvalue weighted by atomic mass is 16.5. The van der Waals surface area contributed by atoms with E-state index in [0.29, 0.717) is 13.2 Å². The summed E-state index contributed by atoms with van der Waals surface area (Å²) in [5.74, 6) is 6.47. The molecule has 0 fully saturated rings. The molecule has 1 aromatic carbocycles. The van der Waals surface area contributed by atoms with Crippen molar-refractivity contribution in [3.8, 4) is 17.6 Å². The lowest BCUT2D eigenvalue weighted by atomic mass is 10.2. The standard InChI is InChI=1S/C16H16N2O/c17-9-4-7-15-11-16(13-18-12-15)19-10-8-14-5-2-1-3-6-14/h1-3,5-6,11-13H,8-10,17H2. The molecule has 0 saturated carbocycles. The van der Waals surface area contributed by atoms with E-state index in [1.54, 1.807) is 12.4 Å². The molecular weight excluding hydrogens is 236 g/mol. The van der Waals surface area contributed by atoms with E-state index in [-0.39, 0.29) is 0 Å². The number of nitrogens with zero attached hydrogens (tertiary/aromatic N) is 1. The highest BCUT2D eigenvalue weighted by molar-refractivity contribution is 5.36. The topological polar surface area (TPSA) is 48.1 Å². The van der Waals surface area contributed by atoms with Crippen molar-refractivity contribution < 1.29 is 4.74 Å². The van der Waals surface area contributed by atoms with Gasteiger partial charge < -0.3 is 10.5 Å². The quantitative estimate of drug-likeness (QED) is 0.847. The minimum absolute atomic E-state index is 0.346. The van der Waals surface area contributed by atoms with Crippen LogP contribution in [-0.4, -0.2) is 18.1 Å². The second kappa shape index (κ2) is 7.20. The van der Waals surface area contributed by atoms with E-state index in [1.165, 1.54) is 5.56 Å². The highest BCUT2D eigenvalue weighted by Crippen LogP contribution is 2.11. The van der Waals surface area contributed by atoms with Crippen LogP contribution in [0.4, 0.5) is 0 Å². The van der Waals surface area contributed by atoms with Gasteiger partial charge in [-0.3, -0.25) is 4.98 Å². The molecule has 0 aliphatic heterocycles. The maximum Gasteiger partial charge on any atom is 0.138 e. The highest BCUT2D eigenvalue weighted by Gasteiger charge is 1.97. The third-order valence-corrected chi connectivity index (χ3v) is 2.55. The van der Waals surface area contributed by atoms with Crippen molar-refractivity contribution in [1.29, 1.82) is 0 Å². The van der Waals surface area contributed by atoms with Crippen LogP contribution in [0, 0.1) is 11.8 Å². The average molecular weight is 252 g/mol. The number of hydrogen-bond donors (Lipinski definition) is 1. The lowest BCUT2D eigenvalue weighted by Gasteiger charge is -2.06. The van der Waals surface area contributed by atoms with E-state index in [1.807, 2.05) is 24.3 Å². The molecule has 2 N–H and O–H groups in total. The number of hydrogen-bond acceptors (Lipinski definition) is 3. The van der Waals surface area contributed by atoms with Gasteiger partial charge in [-0.15, -0.1) is 0 Å². The summed E-state index contributed by atoms with van der Waals surface area (Å²) in [6.07, 6.45) is 4.27. The minimum Gasteiger partial charge on any atom is -0.492 e. The Morgan fingerprint density at radius 3 is 2.79 bits per heavy atom. The zero-order valence-electron chi connectivity index (χ0n) is 10.7. The van der Waals surface area contributed by atoms with Crippen LogP contribution in [0.3, 0.4) is 0 Å². The van der Waals surface area contributed by atoms with E-state index < -0.39 is 0 Å². The van der Waals surface area contributed by atoms with E-state index in [9.17, 15) is 0 Å². The minimum atomic E-state index is 0.346. The molecule has 96 valence electrons. The summed E-state index contributed by atoms with van der Waals surface area (Å²) in [5, 5.41) is 0. The van der Waals surface area contributed by atoms with E-state index in [4.69, 9.17) is 10.5 Å². The fourth-order valence-corrected chi connectivity index (χ4v) is 1.65. The molecule has 0 aliphatic carbocycles. The van der Waals surface area contributed by atoms with Crippen LogP contribution in [0.5, 0.6) is 5.75 Å². The number of aromatic nitrogens is 1. The Balaban J connectivity index is 1.89. The van der Waals surface area contributed by atoms with Gasteiger partial charge in [0.25, 0.3) is 0 Å². The van der Waals surface area contributed by atoms with Crippen molar-refractivity contribution in [2.75, 3.05) is 13.2 Å². The second-order valence-corrected chi connectivity index (χ2v) is 4.00. The van der Waals surface area contributed by atoms with Crippen molar-refractivity contribution in [3.05, 3.63) is 59.9 Å². The van der Waals surface area contributed by atoms with Crippen molar-refractivity contribution in [2.45, 2.75) is 6.42 Å². The molecule has 0 unspecified atom stereocenters. The number of pyridine rings is 1. The van der Waals surface area contributed by atoms with Gasteiger partial charge in [-0.2, -0.15) is 0 Å². The number of ether oxygens (including phenoxy) is 1. The van der Waals surface area contributed by atoms with E-state index >= 15 is 0 Å². The van der Waals surface area contributed by atoms with Crippen molar-refractivity contribution in [3.63, 3.8) is 0 Å². The molecule has 0 amide bonds. The van der Waals surface area contributed by atoms with Crippen LogP contribution >= 0.6 is 0 Å². The van der Waals surface area contributed by atoms with Gasteiger partial charge in [0.05, 0.1) is 19.3 Å². The van der Waals surface area contributed by atoms with Crippen molar-refractivity contribution >= 4 is 0 Å². The fraction of sp³-hybridized carbons (Fsp3) is 0.188. The van der Waals surface area contributed by atoms with Gasteiger partial charge in [0.2, 0.25) is 0 Å². The van der Waals surface area contributed by atoms with E-state index in [2.05, 4.69) is 29.0 Å².